The summed E-state index contributed by atoms with van der Waals surface area (Å²) < 4.78 is 16.8. The molecule has 0 aliphatic rings. The first-order valence-corrected chi connectivity index (χ1v) is 26.3. The number of rotatable bonds is 47. The van der Waals surface area contributed by atoms with Gasteiger partial charge in [-0.15, -0.1) is 0 Å². The summed E-state index contributed by atoms with van der Waals surface area (Å²) in [4.78, 5) is 37.9. The minimum Gasteiger partial charge on any atom is -0.462 e. The van der Waals surface area contributed by atoms with Crippen LogP contribution < -0.4 is 0 Å². The van der Waals surface area contributed by atoms with Crippen LogP contribution in [0.2, 0.25) is 0 Å². The molecule has 0 aromatic heterocycles. The van der Waals surface area contributed by atoms with Gasteiger partial charge < -0.3 is 14.2 Å². The van der Waals surface area contributed by atoms with Crippen molar-refractivity contribution in [3.8, 4) is 0 Å². The van der Waals surface area contributed by atoms with E-state index in [-0.39, 0.29) is 31.1 Å². The predicted molar refractivity (Wildman–Crippen MR) is 252 cm³/mol. The molecule has 0 N–H and O–H groups in total. The summed E-state index contributed by atoms with van der Waals surface area (Å²) in [6, 6.07) is 0. The minimum absolute atomic E-state index is 0.0638. The van der Waals surface area contributed by atoms with Gasteiger partial charge in [0, 0.05) is 19.3 Å². The first-order chi connectivity index (χ1) is 28.8. The summed E-state index contributed by atoms with van der Waals surface area (Å²) >= 11 is 0. The van der Waals surface area contributed by atoms with Crippen LogP contribution in [0.15, 0.2) is 0 Å². The zero-order valence-corrected chi connectivity index (χ0v) is 40.4. The van der Waals surface area contributed by atoms with Gasteiger partial charge in [0.15, 0.2) is 6.10 Å². The van der Waals surface area contributed by atoms with Gasteiger partial charge in [-0.3, -0.25) is 14.4 Å². The number of hydrogen-bond donors (Lipinski definition) is 0. The van der Waals surface area contributed by atoms with Crippen molar-refractivity contribution >= 4 is 17.9 Å². The van der Waals surface area contributed by atoms with Gasteiger partial charge in [-0.2, -0.15) is 0 Å². The molecule has 0 saturated heterocycles. The molecule has 59 heavy (non-hydrogen) atoms. The number of carbonyl (C=O) groups is 3. The van der Waals surface area contributed by atoms with Crippen LogP contribution in [0.3, 0.4) is 0 Å². The van der Waals surface area contributed by atoms with Crippen molar-refractivity contribution in [3.63, 3.8) is 0 Å². The van der Waals surface area contributed by atoms with E-state index in [9.17, 15) is 14.4 Å². The first-order valence-electron chi connectivity index (χ1n) is 26.3. The minimum atomic E-state index is -0.761. The highest BCUT2D eigenvalue weighted by atomic mass is 16.6. The lowest BCUT2D eigenvalue weighted by Gasteiger charge is -2.18. The van der Waals surface area contributed by atoms with Crippen LogP contribution in [0.1, 0.15) is 291 Å². The molecular weight excluding hydrogens is 733 g/mol. The topological polar surface area (TPSA) is 78.9 Å². The van der Waals surface area contributed by atoms with E-state index in [2.05, 4.69) is 34.6 Å². The summed E-state index contributed by atoms with van der Waals surface area (Å²) in [7, 11) is 0. The Morgan fingerprint density at radius 1 is 0.356 bits per heavy atom. The van der Waals surface area contributed by atoms with Crippen LogP contribution in [0.25, 0.3) is 0 Å². The molecule has 0 rings (SSSR count). The monoisotopic (exact) mass is 835 g/mol. The third-order valence-electron chi connectivity index (χ3n) is 12.3. The van der Waals surface area contributed by atoms with Gasteiger partial charge in [0.05, 0.1) is 0 Å². The Kier molecular flexibility index (Phi) is 44.7. The van der Waals surface area contributed by atoms with Crippen LogP contribution in [-0.4, -0.2) is 37.2 Å². The van der Waals surface area contributed by atoms with E-state index in [4.69, 9.17) is 14.2 Å². The van der Waals surface area contributed by atoms with Crippen molar-refractivity contribution < 1.29 is 28.6 Å². The van der Waals surface area contributed by atoms with Gasteiger partial charge in [-0.05, 0) is 31.1 Å². The number of esters is 3. The van der Waals surface area contributed by atoms with Gasteiger partial charge in [0.25, 0.3) is 0 Å². The van der Waals surface area contributed by atoms with E-state index in [1.165, 1.54) is 180 Å². The maximum Gasteiger partial charge on any atom is 0.306 e. The lowest BCUT2D eigenvalue weighted by molar-refractivity contribution is -0.167. The molecule has 0 aromatic rings. The van der Waals surface area contributed by atoms with Gasteiger partial charge >= 0.3 is 17.9 Å². The summed E-state index contributed by atoms with van der Waals surface area (Å²) in [5, 5.41) is 0. The molecule has 0 amide bonds. The fourth-order valence-corrected chi connectivity index (χ4v) is 7.96. The van der Waals surface area contributed by atoms with Crippen LogP contribution in [0.4, 0.5) is 0 Å². The summed E-state index contributed by atoms with van der Waals surface area (Å²) in [6.45, 7) is 11.4. The molecule has 6 heteroatoms. The predicted octanol–water partition coefficient (Wildman–Crippen LogP) is 16.9. The zero-order chi connectivity index (χ0) is 43.3. The van der Waals surface area contributed by atoms with Gasteiger partial charge in [-0.1, -0.05) is 253 Å². The Labute approximate surface area is 368 Å². The van der Waals surface area contributed by atoms with Gasteiger partial charge in [0.2, 0.25) is 0 Å². The summed E-state index contributed by atoms with van der Waals surface area (Å²) in [5.41, 5.74) is 0. The molecule has 350 valence electrons. The zero-order valence-electron chi connectivity index (χ0n) is 40.4. The Morgan fingerprint density at radius 2 is 0.644 bits per heavy atom. The van der Waals surface area contributed by atoms with Crippen molar-refractivity contribution in [1.82, 2.24) is 0 Å². The normalized spacial score (nSPS) is 12.5. The summed E-state index contributed by atoms with van der Waals surface area (Å²) in [5.74, 6) is 0.864. The van der Waals surface area contributed by atoms with E-state index in [1.54, 1.807) is 0 Å². The van der Waals surface area contributed by atoms with Crippen molar-refractivity contribution in [3.05, 3.63) is 0 Å². The van der Waals surface area contributed by atoms with Crippen LogP contribution in [0.5, 0.6) is 0 Å². The molecule has 0 heterocycles. The Bertz CT molecular complexity index is 902. The molecule has 0 bridgehead atoms. The van der Waals surface area contributed by atoms with Gasteiger partial charge in [0.1, 0.15) is 13.2 Å². The lowest BCUT2D eigenvalue weighted by Crippen LogP contribution is -2.30. The third kappa shape index (κ3) is 45.8. The number of ether oxygens (including phenoxy) is 3. The fourth-order valence-electron chi connectivity index (χ4n) is 7.96. The van der Waals surface area contributed by atoms with Crippen LogP contribution in [-0.2, 0) is 28.6 Å². The average Bonchev–Trinajstić information content (AvgIpc) is 3.22. The third-order valence-corrected chi connectivity index (χ3v) is 12.3. The average molecular weight is 835 g/mol. The molecule has 1 unspecified atom stereocenters. The summed E-state index contributed by atoms with van der Waals surface area (Å²) in [6.07, 6.45) is 46.5. The maximum absolute atomic E-state index is 12.8. The van der Waals surface area contributed by atoms with E-state index < -0.39 is 6.10 Å². The SMILES string of the molecule is CCCCCCCCCCCCC(=O)OC[C@H](COC(=O)CCCCCCCCCCCCC(C)C)OC(=O)CCCCCCCCCCCCCCCCC(C)CC. The largest absolute Gasteiger partial charge is 0.462 e. The smallest absolute Gasteiger partial charge is 0.306 e. The van der Waals surface area contributed by atoms with Crippen molar-refractivity contribution in [2.75, 3.05) is 13.2 Å². The molecule has 0 aromatic carbocycles. The Balaban J connectivity index is 4.28. The second-order valence-electron chi connectivity index (χ2n) is 18.9. The van der Waals surface area contributed by atoms with E-state index in [0.717, 1.165) is 69.6 Å². The van der Waals surface area contributed by atoms with E-state index in [0.29, 0.717) is 19.3 Å². The first kappa shape index (κ1) is 57.4. The molecule has 2 atom stereocenters. The highest BCUT2D eigenvalue weighted by Gasteiger charge is 2.19. The van der Waals surface area contributed by atoms with Crippen LogP contribution >= 0.6 is 0 Å². The molecule has 0 fully saturated rings. The molecule has 6 nitrogen and oxygen atoms in total. The Hall–Kier alpha value is -1.59. The number of carbonyl (C=O) groups excluding carboxylic acids is 3. The van der Waals surface area contributed by atoms with Crippen LogP contribution in [0, 0.1) is 11.8 Å². The molecular formula is C53H102O6. The highest BCUT2D eigenvalue weighted by Crippen LogP contribution is 2.18. The van der Waals surface area contributed by atoms with E-state index in [1.807, 2.05) is 0 Å². The van der Waals surface area contributed by atoms with E-state index >= 15 is 0 Å². The number of hydrogen-bond acceptors (Lipinski definition) is 6. The van der Waals surface area contributed by atoms with Crippen molar-refractivity contribution in [2.45, 2.75) is 298 Å². The maximum atomic E-state index is 12.8. The molecule has 0 aliphatic heterocycles. The lowest BCUT2D eigenvalue weighted by atomic mass is 9.99. The second-order valence-corrected chi connectivity index (χ2v) is 18.9. The Morgan fingerprint density at radius 3 is 0.966 bits per heavy atom. The molecule has 0 saturated carbocycles. The quantitative estimate of drug-likeness (QED) is 0.0345. The fraction of sp³-hybridized carbons (Fsp3) is 0.943. The van der Waals surface area contributed by atoms with Gasteiger partial charge in [-0.25, -0.2) is 0 Å². The molecule has 0 radical (unpaired) electrons. The second kappa shape index (κ2) is 45.9. The molecule has 0 spiro atoms. The van der Waals surface area contributed by atoms with Crippen molar-refractivity contribution in [2.24, 2.45) is 11.8 Å². The standard InChI is InChI=1S/C53H102O6/c1-6-8-9-10-11-12-23-28-33-38-43-51(54)57-46-50(47-58-52(55)44-39-34-29-24-20-19-21-26-31-36-41-48(3)4)59-53(56)45-40-35-30-25-18-16-14-13-15-17-22-27-32-37-42-49(5)7-2/h48-50H,6-47H2,1-5H3/t49?,50-/m1/s1. The highest BCUT2D eigenvalue weighted by molar-refractivity contribution is 5.71. The number of unbranched alkanes of at least 4 members (excludes halogenated alkanes) is 31. The molecule has 0 aliphatic carbocycles. The van der Waals surface area contributed by atoms with Crippen molar-refractivity contribution in [1.29, 1.82) is 0 Å².